The Bertz CT molecular complexity index is 908. The highest BCUT2D eigenvalue weighted by Gasteiger charge is 2.21. The monoisotopic (exact) mass is 412 g/mol. The lowest BCUT2D eigenvalue weighted by Crippen LogP contribution is -2.43. The van der Waals surface area contributed by atoms with Crippen LogP contribution in [-0.2, 0) is 22.0 Å². The van der Waals surface area contributed by atoms with Crippen molar-refractivity contribution in [2.45, 2.75) is 36.9 Å². The topological polar surface area (TPSA) is 96.6 Å². The summed E-state index contributed by atoms with van der Waals surface area (Å²) in [7, 11) is -3.69. The number of hydrogen-bond donors (Lipinski definition) is 3. The molecule has 0 saturated carbocycles. The first kappa shape index (κ1) is 21.3. The molecule has 1 aromatic heterocycles. The molecule has 1 aromatic carbocycles. The van der Waals surface area contributed by atoms with Crippen LogP contribution < -0.4 is 15.8 Å². The Kier molecular flexibility index (Phi) is 6.96. The van der Waals surface area contributed by atoms with Gasteiger partial charge in [0.05, 0.1) is 6.54 Å². The van der Waals surface area contributed by atoms with Gasteiger partial charge in [0.1, 0.15) is 10.0 Å². The molecule has 1 heterocycles. The van der Waals surface area contributed by atoms with Crippen LogP contribution in [0.5, 0.6) is 0 Å². The quantitative estimate of drug-likeness (QED) is 0.481. The van der Waals surface area contributed by atoms with E-state index >= 15 is 0 Å². The second-order valence-electron chi connectivity index (χ2n) is 6.71. The number of benzene rings is 1. The molecule has 0 unspecified atom stereocenters. The van der Waals surface area contributed by atoms with Gasteiger partial charge in [0.15, 0.2) is 5.96 Å². The summed E-state index contributed by atoms with van der Waals surface area (Å²) in [6.45, 7) is 7.56. The standard InChI is InChI=1S/C18H25FN4O2S2/c1-4-21-17(22-11-15-8-9-16(26-15)27(20,24)25)23-12-18(2,3)13-6-5-7-14(19)10-13/h5-10H,4,11-12H2,1-3H3,(H2,20,24,25)(H2,21,22,23). The van der Waals surface area contributed by atoms with Gasteiger partial charge in [-0.05, 0) is 36.8 Å². The average Bonchev–Trinajstić information content (AvgIpc) is 3.07. The van der Waals surface area contributed by atoms with Crippen molar-refractivity contribution in [3.63, 3.8) is 0 Å². The first-order valence-electron chi connectivity index (χ1n) is 8.51. The minimum atomic E-state index is -3.69. The van der Waals surface area contributed by atoms with Crippen molar-refractivity contribution in [2.24, 2.45) is 10.1 Å². The maximum atomic E-state index is 13.5. The molecule has 0 aliphatic rings. The van der Waals surface area contributed by atoms with Gasteiger partial charge in [-0.15, -0.1) is 11.3 Å². The number of nitrogens with one attached hydrogen (secondary N) is 2. The molecule has 0 fully saturated rings. The number of sulfonamides is 1. The van der Waals surface area contributed by atoms with E-state index in [1.807, 2.05) is 26.8 Å². The summed E-state index contributed by atoms with van der Waals surface area (Å²) in [4.78, 5) is 5.28. The molecule has 0 aliphatic heterocycles. The molecule has 0 amide bonds. The van der Waals surface area contributed by atoms with Crippen molar-refractivity contribution >= 4 is 27.3 Å². The zero-order chi connectivity index (χ0) is 20.1. The number of guanidine groups is 1. The van der Waals surface area contributed by atoms with E-state index in [1.165, 1.54) is 18.2 Å². The van der Waals surface area contributed by atoms with Gasteiger partial charge in [-0.25, -0.2) is 22.9 Å². The Morgan fingerprint density at radius 2 is 2.00 bits per heavy atom. The third-order valence-corrected chi connectivity index (χ3v) is 6.47. The van der Waals surface area contributed by atoms with E-state index in [9.17, 15) is 12.8 Å². The molecule has 27 heavy (non-hydrogen) atoms. The predicted octanol–water partition coefficient (Wildman–Crippen LogP) is 2.57. The largest absolute Gasteiger partial charge is 0.357 e. The Hall–Kier alpha value is -1.97. The van der Waals surface area contributed by atoms with Crippen LogP contribution in [0.3, 0.4) is 0 Å². The summed E-state index contributed by atoms with van der Waals surface area (Å²) in [5.74, 6) is 0.344. The van der Waals surface area contributed by atoms with E-state index < -0.39 is 10.0 Å². The summed E-state index contributed by atoms with van der Waals surface area (Å²) >= 11 is 1.10. The van der Waals surface area contributed by atoms with E-state index in [4.69, 9.17) is 5.14 Å². The third-order valence-electron chi connectivity index (χ3n) is 3.96. The minimum Gasteiger partial charge on any atom is -0.357 e. The number of hydrogen-bond acceptors (Lipinski definition) is 4. The Morgan fingerprint density at radius 3 is 2.59 bits per heavy atom. The average molecular weight is 413 g/mol. The predicted molar refractivity (Wildman–Crippen MR) is 108 cm³/mol. The number of thiophene rings is 1. The fourth-order valence-corrected chi connectivity index (χ4v) is 4.11. The molecule has 9 heteroatoms. The first-order chi connectivity index (χ1) is 12.6. The van der Waals surface area contributed by atoms with Crippen LogP contribution in [0.15, 0.2) is 45.6 Å². The van der Waals surface area contributed by atoms with Crippen LogP contribution in [0.4, 0.5) is 4.39 Å². The maximum absolute atomic E-state index is 13.5. The van der Waals surface area contributed by atoms with Gasteiger partial charge in [-0.2, -0.15) is 0 Å². The lowest BCUT2D eigenvalue weighted by atomic mass is 9.84. The summed E-state index contributed by atoms with van der Waals surface area (Å²) < 4.78 is 36.3. The van der Waals surface area contributed by atoms with E-state index in [0.717, 1.165) is 21.8 Å². The first-order valence-corrected chi connectivity index (χ1v) is 10.9. The maximum Gasteiger partial charge on any atom is 0.247 e. The van der Waals surface area contributed by atoms with Crippen molar-refractivity contribution in [2.75, 3.05) is 13.1 Å². The molecule has 0 atom stereocenters. The van der Waals surface area contributed by atoms with Crippen LogP contribution in [0.1, 0.15) is 31.2 Å². The van der Waals surface area contributed by atoms with Gasteiger partial charge in [-0.1, -0.05) is 26.0 Å². The van der Waals surface area contributed by atoms with E-state index in [1.54, 1.807) is 12.1 Å². The minimum absolute atomic E-state index is 0.123. The second-order valence-corrected chi connectivity index (χ2v) is 9.67. The number of rotatable bonds is 7. The second kappa shape index (κ2) is 8.81. The summed E-state index contributed by atoms with van der Waals surface area (Å²) in [5, 5.41) is 11.5. The lowest BCUT2D eigenvalue weighted by molar-refractivity contribution is 0.503. The van der Waals surface area contributed by atoms with Crippen molar-refractivity contribution in [3.05, 3.63) is 52.7 Å². The molecule has 148 valence electrons. The molecule has 0 spiro atoms. The summed E-state index contributed by atoms with van der Waals surface area (Å²) in [5.41, 5.74) is 0.587. The molecular weight excluding hydrogens is 387 g/mol. The Morgan fingerprint density at radius 1 is 1.26 bits per heavy atom. The smallest absolute Gasteiger partial charge is 0.247 e. The highest BCUT2D eigenvalue weighted by molar-refractivity contribution is 7.91. The normalized spacial score (nSPS) is 12.9. The zero-order valence-electron chi connectivity index (χ0n) is 15.6. The number of nitrogens with two attached hydrogens (primary N) is 1. The molecule has 6 nitrogen and oxygen atoms in total. The molecule has 0 bridgehead atoms. The highest BCUT2D eigenvalue weighted by Crippen LogP contribution is 2.23. The Balaban J connectivity index is 2.06. The van der Waals surface area contributed by atoms with Crippen molar-refractivity contribution in [3.8, 4) is 0 Å². The molecule has 2 aromatic rings. The fourth-order valence-electron chi connectivity index (χ4n) is 2.41. The van der Waals surface area contributed by atoms with Crippen molar-refractivity contribution in [1.29, 1.82) is 0 Å². The number of nitrogens with zero attached hydrogens (tertiary/aromatic N) is 1. The van der Waals surface area contributed by atoms with Crippen LogP contribution in [0, 0.1) is 5.82 Å². The van der Waals surface area contributed by atoms with Crippen LogP contribution >= 0.6 is 11.3 Å². The van der Waals surface area contributed by atoms with Gasteiger partial charge in [0.2, 0.25) is 10.0 Å². The third kappa shape index (κ3) is 6.30. The summed E-state index contributed by atoms with van der Waals surface area (Å²) in [6.07, 6.45) is 0. The van der Waals surface area contributed by atoms with Crippen LogP contribution in [0.25, 0.3) is 0 Å². The highest BCUT2D eigenvalue weighted by atomic mass is 32.2. The molecule has 0 aliphatic carbocycles. The molecule has 4 N–H and O–H groups in total. The lowest BCUT2D eigenvalue weighted by Gasteiger charge is -2.26. The van der Waals surface area contributed by atoms with Crippen LogP contribution in [-0.4, -0.2) is 27.5 Å². The van der Waals surface area contributed by atoms with Gasteiger partial charge >= 0.3 is 0 Å². The molecule has 2 rings (SSSR count). The van der Waals surface area contributed by atoms with Gasteiger partial charge in [-0.3, -0.25) is 0 Å². The fraction of sp³-hybridized carbons (Fsp3) is 0.389. The SMILES string of the molecule is CCNC(=NCc1ccc(S(N)(=O)=O)s1)NCC(C)(C)c1cccc(F)c1. The molecule has 0 radical (unpaired) electrons. The Labute approximate surface area is 163 Å². The summed E-state index contributed by atoms with van der Waals surface area (Å²) in [6, 6.07) is 9.74. The molecule has 0 saturated heterocycles. The van der Waals surface area contributed by atoms with E-state index in [0.29, 0.717) is 25.6 Å². The molecular formula is C18H25FN4O2S2. The van der Waals surface area contributed by atoms with E-state index in [-0.39, 0.29) is 15.4 Å². The van der Waals surface area contributed by atoms with Crippen molar-refractivity contribution in [1.82, 2.24) is 10.6 Å². The van der Waals surface area contributed by atoms with Gasteiger partial charge in [0.25, 0.3) is 0 Å². The van der Waals surface area contributed by atoms with Crippen LogP contribution in [0.2, 0.25) is 0 Å². The van der Waals surface area contributed by atoms with Crippen molar-refractivity contribution < 1.29 is 12.8 Å². The van der Waals surface area contributed by atoms with E-state index in [2.05, 4.69) is 15.6 Å². The van der Waals surface area contributed by atoms with Gasteiger partial charge < -0.3 is 10.6 Å². The number of primary sulfonamides is 1. The zero-order valence-corrected chi connectivity index (χ0v) is 17.3. The van der Waals surface area contributed by atoms with Gasteiger partial charge in [0, 0.05) is 23.4 Å². The number of halogens is 1. The number of aliphatic imine (C=N–C) groups is 1.